The molecule has 564 valence electrons. The average Bonchev–Trinajstić information content (AvgIpc) is 1.67. The number of amides is 9. The lowest BCUT2D eigenvalue weighted by atomic mass is 10.3. The largest absolute Gasteiger partial charge is 0.414 e. The summed E-state index contributed by atoms with van der Waals surface area (Å²) < 4.78 is 46.1. The highest BCUT2D eigenvalue weighted by molar-refractivity contribution is 8.01. The molecular formula is C61H122N5O18P3S5Si5. The first kappa shape index (κ1) is 94.8. The van der Waals surface area contributed by atoms with Crippen molar-refractivity contribution in [2.75, 3.05) is 117 Å². The molecule has 5 aliphatic heterocycles. The molecule has 5 saturated heterocycles. The minimum absolute atomic E-state index is 0.0261. The quantitative estimate of drug-likeness (QED) is 0.0258. The van der Waals surface area contributed by atoms with Crippen molar-refractivity contribution in [3.63, 3.8) is 0 Å². The summed E-state index contributed by atoms with van der Waals surface area (Å²) in [4.78, 5) is 111. The van der Waals surface area contributed by atoms with Gasteiger partial charge in [-0.15, -0.1) is 76.4 Å². The molecule has 0 saturated carbocycles. The highest BCUT2D eigenvalue weighted by Gasteiger charge is 2.46. The second-order valence-corrected chi connectivity index (χ2v) is 56.4. The van der Waals surface area contributed by atoms with Gasteiger partial charge in [-0.05, 0) is 179 Å². The van der Waals surface area contributed by atoms with Crippen molar-refractivity contribution in [2.45, 2.75) is 214 Å². The van der Waals surface area contributed by atoms with Crippen molar-refractivity contribution >= 4 is 180 Å². The highest BCUT2D eigenvalue weighted by Crippen LogP contribution is 2.39. The van der Waals surface area contributed by atoms with E-state index in [1.807, 2.05) is 55.4 Å². The first-order valence-corrected chi connectivity index (χ1v) is 56.4. The Hall–Kier alpha value is -0.206. The summed E-state index contributed by atoms with van der Waals surface area (Å²) >= 11 is 7.98. The van der Waals surface area contributed by atoms with E-state index < -0.39 is 47.1 Å². The highest BCUT2D eigenvalue weighted by atomic mass is 32.2. The molecule has 5 aliphatic rings. The standard InChI is InChI=1S/3C13H25NO4SSi.C11H25NO3P2SSi.C11H22NO3PSSi/c3*1-5-17-20(4,18-6-2)9-7-8-19-11-10-12(15)14(3)13(11)16;1-4-15-19(3,17)7-5-6-18-9-8-11(14,16)12(2)10(9)13;1-4-15-18(3,16)7-5-6-17-9-8-10(13)12(2)11(9)14/h3*11H,5-10H2,1-4H3;9,14H,4-8,16-17H2,1-3H3;9H,4-8,16H2,1-3H3. The molecule has 36 heteroatoms. The monoisotopic (exact) mass is 1610 g/mol. The summed E-state index contributed by atoms with van der Waals surface area (Å²) in [5.41, 5.74) is -1.07. The van der Waals surface area contributed by atoms with E-state index in [0.29, 0.717) is 71.7 Å². The van der Waals surface area contributed by atoms with Gasteiger partial charge < -0.3 is 45.4 Å². The van der Waals surface area contributed by atoms with E-state index in [9.17, 15) is 48.3 Å². The van der Waals surface area contributed by atoms with E-state index in [4.69, 9.17) is 35.4 Å². The van der Waals surface area contributed by atoms with E-state index in [1.165, 1.54) is 24.5 Å². The third-order valence-electron chi connectivity index (χ3n) is 16.2. The molecule has 0 aromatic rings. The molecule has 11 unspecified atom stereocenters. The minimum Gasteiger partial charge on any atom is -0.414 e. The Kier molecular flexibility index (Phi) is 47.0. The van der Waals surface area contributed by atoms with Gasteiger partial charge in [0.25, 0.3) is 0 Å². The van der Waals surface area contributed by atoms with Crippen LogP contribution in [0.1, 0.15) is 120 Å². The predicted octanol–water partition coefficient (Wildman–Crippen LogP) is 9.73. The summed E-state index contributed by atoms with van der Waals surface area (Å²) in [5.74, 6) is 3.97. The topological polar surface area (TPSA) is 264 Å². The third-order valence-corrected chi connectivity index (χ3v) is 39.8. The Labute approximate surface area is 615 Å². The van der Waals surface area contributed by atoms with Crippen LogP contribution in [0.4, 0.5) is 0 Å². The van der Waals surface area contributed by atoms with Crippen molar-refractivity contribution in [1.82, 2.24) is 24.5 Å². The number of hydrogen-bond acceptors (Lipinski definition) is 23. The maximum Gasteiger partial charge on any atom is 0.334 e. The fourth-order valence-corrected chi connectivity index (χ4v) is 31.3. The van der Waals surface area contributed by atoms with E-state index in [2.05, 4.69) is 59.6 Å². The fourth-order valence-electron chi connectivity index (χ4n) is 10.8. The van der Waals surface area contributed by atoms with Crippen LogP contribution in [-0.2, 0) is 78.6 Å². The number of aliphatic hydroxyl groups is 1. The molecule has 1 N–H and O–H groups in total. The van der Waals surface area contributed by atoms with Crippen LogP contribution in [0.5, 0.6) is 0 Å². The normalized spacial score (nSPS) is 22.8. The van der Waals surface area contributed by atoms with Gasteiger partial charge in [0.1, 0.15) is 0 Å². The molecule has 5 heterocycles. The molecule has 5 fully saturated rings. The SMILES string of the molecule is CCO[Si](C)(CCCSC1CC(=O)N(C)C1=O)OCC.CCO[Si](C)(CCCSC1CC(=O)N(C)C1=O)OCC.CCO[Si](C)(CCCSC1CC(=O)N(C)C1=O)OCC.CCO[Si](C)(P)CCCSC1CC(=O)N(C)C1=O.CCO[Si](C)(P)CCCSC1CC(O)(P)N(C)C1=O. The Balaban J connectivity index is 0.000000607. The van der Waals surface area contributed by atoms with Crippen LogP contribution in [0.15, 0.2) is 0 Å². The van der Waals surface area contributed by atoms with E-state index in [1.54, 1.807) is 94.0 Å². The maximum absolute atomic E-state index is 11.9. The maximum atomic E-state index is 11.9. The van der Waals surface area contributed by atoms with Gasteiger partial charge in [0.05, 0.1) is 26.2 Å². The van der Waals surface area contributed by atoms with Crippen LogP contribution in [0.3, 0.4) is 0 Å². The number of hydrogen-bond donors (Lipinski definition) is 1. The minimum atomic E-state index is -2.05. The first-order valence-electron chi connectivity index (χ1n) is 34.1. The Morgan fingerprint density at radius 1 is 0.371 bits per heavy atom. The molecule has 0 radical (unpaired) electrons. The summed E-state index contributed by atoms with van der Waals surface area (Å²) in [6.07, 6.45) is 6.82. The average molecular weight is 1610 g/mol. The number of carbonyl (C=O) groups excluding carboxylic acids is 9. The number of thioether (sulfide) groups is 5. The van der Waals surface area contributed by atoms with Gasteiger partial charge in [0.2, 0.25) is 69.1 Å². The predicted molar refractivity (Wildman–Crippen MR) is 420 cm³/mol. The zero-order chi connectivity index (χ0) is 74.0. The summed E-state index contributed by atoms with van der Waals surface area (Å²) in [5, 5.41) is 9.14. The van der Waals surface area contributed by atoms with E-state index in [0.717, 1.165) is 104 Å². The van der Waals surface area contributed by atoms with Gasteiger partial charge >= 0.3 is 25.7 Å². The summed E-state index contributed by atoms with van der Waals surface area (Å²) in [6, 6.07) is 4.93. The Morgan fingerprint density at radius 3 is 0.753 bits per heavy atom. The van der Waals surface area contributed by atoms with Gasteiger partial charge in [-0.3, -0.25) is 62.8 Å². The van der Waals surface area contributed by atoms with Crippen LogP contribution < -0.4 is 0 Å². The van der Waals surface area contributed by atoms with Gasteiger partial charge in [-0.25, -0.2) is 0 Å². The third kappa shape index (κ3) is 35.2. The van der Waals surface area contributed by atoms with Crippen molar-refractivity contribution < 1.29 is 83.7 Å². The van der Waals surface area contributed by atoms with Crippen molar-refractivity contribution in [2.24, 2.45) is 0 Å². The zero-order valence-electron chi connectivity index (χ0n) is 61.6. The molecule has 5 rings (SSSR count). The lowest BCUT2D eigenvalue weighted by molar-refractivity contribution is -0.138. The van der Waals surface area contributed by atoms with Crippen molar-refractivity contribution in [1.29, 1.82) is 0 Å². The number of nitrogens with zero attached hydrogens (tertiary/aromatic N) is 5. The molecule has 97 heavy (non-hydrogen) atoms. The second-order valence-electron chi connectivity index (χ2n) is 24.8. The number of likely N-dealkylation sites (tertiary alicyclic amines) is 5. The van der Waals surface area contributed by atoms with Crippen LogP contribution in [0.2, 0.25) is 63.0 Å². The molecule has 9 amide bonds. The second kappa shape index (κ2) is 48.1. The van der Waals surface area contributed by atoms with E-state index in [-0.39, 0.29) is 79.4 Å². The Morgan fingerprint density at radius 2 is 0.577 bits per heavy atom. The molecule has 0 aliphatic carbocycles. The van der Waals surface area contributed by atoms with Gasteiger partial charge in [0.15, 0.2) is 5.47 Å². The van der Waals surface area contributed by atoms with Crippen LogP contribution in [0.25, 0.3) is 0 Å². The molecule has 23 nitrogen and oxygen atoms in total. The molecular weight excluding hydrogens is 1480 g/mol. The molecule has 0 spiro atoms. The molecule has 11 atom stereocenters. The lowest BCUT2D eigenvalue weighted by Gasteiger charge is -2.25. The van der Waals surface area contributed by atoms with Gasteiger partial charge in [-0.2, -0.15) is 0 Å². The van der Waals surface area contributed by atoms with Crippen LogP contribution in [0, 0.1) is 0 Å². The molecule has 0 aromatic heterocycles. The summed E-state index contributed by atoms with van der Waals surface area (Å²) in [7, 11) is 6.67. The number of imide groups is 4. The zero-order valence-corrected chi connectivity index (χ0v) is 74.1. The Bertz CT molecular complexity index is 2300. The lowest BCUT2D eigenvalue weighted by Crippen LogP contribution is -2.38. The van der Waals surface area contributed by atoms with Gasteiger partial charge in [-0.1, -0.05) is 9.24 Å². The van der Waals surface area contributed by atoms with Gasteiger partial charge in [0, 0.05) is 120 Å². The smallest absolute Gasteiger partial charge is 0.334 e. The molecule has 0 aromatic carbocycles. The van der Waals surface area contributed by atoms with Crippen LogP contribution >= 0.6 is 85.6 Å². The fraction of sp³-hybridized carbons (Fsp3) is 0.852. The van der Waals surface area contributed by atoms with Crippen LogP contribution in [-0.4, -0.2) is 273 Å². The number of carbonyl (C=O) groups is 9. The summed E-state index contributed by atoms with van der Waals surface area (Å²) in [6.45, 7) is 32.2. The molecule has 0 bridgehead atoms. The van der Waals surface area contributed by atoms with Crippen molar-refractivity contribution in [3.8, 4) is 0 Å². The first-order chi connectivity index (χ1) is 45.4. The van der Waals surface area contributed by atoms with Crippen molar-refractivity contribution in [3.05, 3.63) is 0 Å². The number of rotatable bonds is 41. The van der Waals surface area contributed by atoms with E-state index >= 15 is 0 Å².